The van der Waals surface area contributed by atoms with Crippen molar-refractivity contribution in [2.45, 2.75) is 33.7 Å². The summed E-state index contributed by atoms with van der Waals surface area (Å²) in [6, 6.07) is 9.52. The van der Waals surface area contributed by atoms with E-state index in [0.29, 0.717) is 6.54 Å². The fourth-order valence-electron chi connectivity index (χ4n) is 2.78. The Hall–Kier alpha value is -2.56. The third kappa shape index (κ3) is 3.28. The van der Waals surface area contributed by atoms with Crippen LogP contribution in [0.1, 0.15) is 32.2 Å². The summed E-state index contributed by atoms with van der Waals surface area (Å²) in [7, 11) is 0. The Labute approximate surface area is 135 Å². The van der Waals surface area contributed by atoms with Crippen LogP contribution in [0.3, 0.4) is 0 Å². The normalized spacial score (nSPS) is 12.0. The maximum Gasteiger partial charge on any atom is 0.274 e. The third-order valence-electron chi connectivity index (χ3n) is 3.74. The number of imidazole rings is 1. The lowest BCUT2D eigenvalue weighted by atomic mass is 9.88. The molecule has 0 aliphatic carbocycles. The van der Waals surface area contributed by atoms with Gasteiger partial charge in [0.25, 0.3) is 5.56 Å². The van der Waals surface area contributed by atoms with Crippen LogP contribution in [-0.2, 0) is 13.0 Å². The molecule has 3 N–H and O–H groups in total. The van der Waals surface area contributed by atoms with Gasteiger partial charge in [-0.1, -0.05) is 32.9 Å². The average Bonchev–Trinajstić information content (AvgIpc) is 2.86. The molecule has 5 heteroatoms. The van der Waals surface area contributed by atoms with Gasteiger partial charge in [0.2, 0.25) is 0 Å². The van der Waals surface area contributed by atoms with Gasteiger partial charge in [-0.2, -0.15) is 0 Å². The Balaban J connectivity index is 1.99. The maximum atomic E-state index is 12.0. The van der Waals surface area contributed by atoms with Gasteiger partial charge < -0.3 is 15.3 Å². The molecule has 0 radical (unpaired) electrons. The molecule has 2 heterocycles. The first-order chi connectivity index (χ1) is 10.8. The number of benzene rings is 1. The van der Waals surface area contributed by atoms with Gasteiger partial charge >= 0.3 is 0 Å². The van der Waals surface area contributed by atoms with Crippen LogP contribution in [-0.4, -0.2) is 14.5 Å². The number of nitrogens with zero attached hydrogens (tertiary/aromatic N) is 2. The van der Waals surface area contributed by atoms with E-state index in [-0.39, 0.29) is 16.7 Å². The summed E-state index contributed by atoms with van der Waals surface area (Å²) < 4.78 is 1.57. The van der Waals surface area contributed by atoms with E-state index in [4.69, 9.17) is 5.73 Å². The Morgan fingerprint density at radius 1 is 1.22 bits per heavy atom. The highest BCUT2D eigenvalue weighted by Crippen LogP contribution is 2.25. The van der Waals surface area contributed by atoms with Gasteiger partial charge in [0.1, 0.15) is 5.82 Å². The Morgan fingerprint density at radius 2 is 2.00 bits per heavy atom. The van der Waals surface area contributed by atoms with Crippen LogP contribution in [0.2, 0.25) is 0 Å². The maximum absolute atomic E-state index is 12.0. The number of fused-ring (bicyclic) bond motifs is 1. The lowest BCUT2D eigenvalue weighted by Gasteiger charge is -2.18. The van der Waals surface area contributed by atoms with Gasteiger partial charge in [-0.3, -0.25) is 4.79 Å². The van der Waals surface area contributed by atoms with Crippen LogP contribution in [0.5, 0.6) is 0 Å². The molecule has 0 unspecified atom stereocenters. The molecule has 120 valence electrons. The number of aromatic amines is 1. The first kappa shape index (κ1) is 15.3. The number of rotatable bonds is 3. The van der Waals surface area contributed by atoms with E-state index in [2.05, 4.69) is 36.8 Å². The van der Waals surface area contributed by atoms with Gasteiger partial charge in [-0.25, -0.2) is 4.98 Å². The zero-order chi connectivity index (χ0) is 16.6. The van der Waals surface area contributed by atoms with Crippen LogP contribution >= 0.6 is 0 Å². The lowest BCUT2D eigenvalue weighted by molar-refractivity contribution is 0.412. The largest absolute Gasteiger partial charge is 0.394 e. The number of nitrogen functional groups attached to an aromatic ring is 1. The highest BCUT2D eigenvalue weighted by Gasteiger charge is 2.15. The molecule has 0 saturated heterocycles. The minimum Gasteiger partial charge on any atom is -0.394 e. The summed E-state index contributed by atoms with van der Waals surface area (Å²) in [4.78, 5) is 20.0. The second-order valence-corrected chi connectivity index (χ2v) is 7.13. The molecule has 0 bridgehead atoms. The minimum absolute atomic E-state index is 0.192. The van der Waals surface area contributed by atoms with E-state index in [9.17, 15) is 4.79 Å². The highest BCUT2D eigenvalue weighted by atomic mass is 16.1. The lowest BCUT2D eigenvalue weighted by Crippen LogP contribution is -2.22. The van der Waals surface area contributed by atoms with Crippen molar-refractivity contribution in [3.05, 3.63) is 58.3 Å². The number of pyridine rings is 1. The van der Waals surface area contributed by atoms with Gasteiger partial charge in [0.15, 0.2) is 0 Å². The van der Waals surface area contributed by atoms with Crippen molar-refractivity contribution in [1.82, 2.24) is 14.5 Å². The number of hydrogen-bond donors (Lipinski definition) is 2. The number of para-hydroxylation sites is 1. The Morgan fingerprint density at radius 3 is 2.74 bits per heavy atom. The molecule has 0 spiro atoms. The van der Waals surface area contributed by atoms with Gasteiger partial charge in [-0.05, 0) is 35.6 Å². The fourth-order valence-corrected chi connectivity index (χ4v) is 2.78. The first-order valence-electron chi connectivity index (χ1n) is 7.75. The van der Waals surface area contributed by atoms with Gasteiger partial charge in [-0.15, -0.1) is 0 Å². The van der Waals surface area contributed by atoms with Crippen molar-refractivity contribution in [3.8, 4) is 0 Å². The number of nitrogens with two attached hydrogens (primary N) is 1. The zero-order valence-electron chi connectivity index (χ0n) is 13.8. The van der Waals surface area contributed by atoms with Crippen molar-refractivity contribution in [2.75, 3.05) is 5.73 Å². The quantitative estimate of drug-likeness (QED) is 0.781. The molecular formula is C18H22N4O. The molecule has 3 aromatic rings. The molecule has 3 rings (SSSR count). The van der Waals surface area contributed by atoms with Crippen molar-refractivity contribution in [1.29, 1.82) is 0 Å². The number of anilines is 1. The predicted molar refractivity (Wildman–Crippen MR) is 93.5 cm³/mol. The smallest absolute Gasteiger partial charge is 0.274 e. The summed E-state index contributed by atoms with van der Waals surface area (Å²) >= 11 is 0. The minimum atomic E-state index is -0.192. The molecule has 5 nitrogen and oxygen atoms in total. The van der Waals surface area contributed by atoms with Crippen molar-refractivity contribution >= 4 is 16.7 Å². The van der Waals surface area contributed by atoms with Crippen LogP contribution in [0.25, 0.3) is 11.0 Å². The topological polar surface area (TPSA) is 76.7 Å². The van der Waals surface area contributed by atoms with E-state index >= 15 is 0 Å². The SMILES string of the molecule is CC(C)(C)Cc1cccc2nc(Cn3cccc(N)c3=O)[nH]c12. The van der Waals surface area contributed by atoms with Crippen LogP contribution in [0.4, 0.5) is 5.69 Å². The first-order valence-corrected chi connectivity index (χ1v) is 7.75. The molecule has 0 amide bonds. The summed E-state index contributed by atoms with van der Waals surface area (Å²) in [5.41, 5.74) is 9.16. The zero-order valence-corrected chi connectivity index (χ0v) is 13.8. The van der Waals surface area contributed by atoms with Crippen molar-refractivity contribution < 1.29 is 0 Å². The number of hydrogen-bond acceptors (Lipinski definition) is 3. The Bertz CT molecular complexity index is 899. The second kappa shape index (κ2) is 5.57. The average molecular weight is 310 g/mol. The molecule has 0 atom stereocenters. The summed E-state index contributed by atoms with van der Waals surface area (Å²) in [6.45, 7) is 7.04. The van der Waals surface area contributed by atoms with E-state index in [1.807, 2.05) is 12.1 Å². The molecule has 0 fully saturated rings. The van der Waals surface area contributed by atoms with Gasteiger partial charge in [0.05, 0.1) is 23.3 Å². The van der Waals surface area contributed by atoms with Crippen molar-refractivity contribution in [2.24, 2.45) is 5.41 Å². The fraction of sp³-hybridized carbons (Fsp3) is 0.333. The predicted octanol–water partition coefficient (Wildman–Crippen LogP) is 2.94. The molecule has 2 aromatic heterocycles. The molecule has 0 saturated carbocycles. The van der Waals surface area contributed by atoms with Crippen LogP contribution < -0.4 is 11.3 Å². The molecule has 0 aliphatic heterocycles. The summed E-state index contributed by atoms with van der Waals surface area (Å²) in [6.07, 6.45) is 2.69. The van der Waals surface area contributed by atoms with E-state index in [1.165, 1.54) is 5.56 Å². The van der Waals surface area contributed by atoms with E-state index in [0.717, 1.165) is 23.3 Å². The third-order valence-corrected chi connectivity index (χ3v) is 3.74. The van der Waals surface area contributed by atoms with Gasteiger partial charge in [0, 0.05) is 6.20 Å². The van der Waals surface area contributed by atoms with Crippen molar-refractivity contribution in [3.63, 3.8) is 0 Å². The summed E-state index contributed by atoms with van der Waals surface area (Å²) in [5, 5.41) is 0. The molecule has 1 aromatic carbocycles. The van der Waals surface area contributed by atoms with E-state index < -0.39 is 0 Å². The summed E-state index contributed by atoms with van der Waals surface area (Å²) in [5.74, 6) is 0.758. The molecule has 0 aliphatic rings. The number of H-pyrrole nitrogens is 1. The highest BCUT2D eigenvalue weighted by molar-refractivity contribution is 5.78. The number of aromatic nitrogens is 3. The van der Waals surface area contributed by atoms with Crippen LogP contribution in [0, 0.1) is 5.41 Å². The standard InChI is InChI=1S/C18H22N4O/c1-18(2,3)10-12-6-4-8-14-16(12)21-15(20-14)11-22-9-5-7-13(19)17(22)23/h4-9H,10-11,19H2,1-3H3,(H,20,21). The molecular weight excluding hydrogens is 288 g/mol. The Kier molecular flexibility index (Phi) is 3.72. The monoisotopic (exact) mass is 310 g/mol. The van der Waals surface area contributed by atoms with E-state index in [1.54, 1.807) is 22.9 Å². The second-order valence-electron chi connectivity index (χ2n) is 7.13. The van der Waals surface area contributed by atoms with Crippen LogP contribution in [0.15, 0.2) is 41.3 Å². The number of nitrogens with one attached hydrogen (secondary N) is 1. The molecule has 23 heavy (non-hydrogen) atoms.